The lowest BCUT2D eigenvalue weighted by Crippen LogP contribution is -2.30. The monoisotopic (exact) mass is 402 g/mol. The van der Waals surface area contributed by atoms with Gasteiger partial charge in [-0.15, -0.1) is 0 Å². The second kappa shape index (κ2) is 8.39. The predicted octanol–water partition coefficient (Wildman–Crippen LogP) is 3.40. The van der Waals surface area contributed by atoms with Crippen LogP contribution in [0.1, 0.15) is 49.5 Å². The van der Waals surface area contributed by atoms with Gasteiger partial charge in [0.15, 0.2) is 11.6 Å². The highest BCUT2D eigenvalue weighted by molar-refractivity contribution is 5.97. The van der Waals surface area contributed by atoms with Gasteiger partial charge in [0.05, 0.1) is 13.2 Å². The number of phenolic OH excluding ortho intramolecular Hbond substituents is 1. The summed E-state index contributed by atoms with van der Waals surface area (Å²) in [6.07, 6.45) is 5.62. The minimum atomic E-state index is -0.869. The Morgan fingerprint density at radius 1 is 1.10 bits per heavy atom. The molecule has 7 nitrogen and oxygen atoms in total. The molecular weight excluding hydrogens is 376 g/mol. The summed E-state index contributed by atoms with van der Waals surface area (Å²) in [5, 5.41) is 10.4. The molecule has 2 heterocycles. The van der Waals surface area contributed by atoms with Gasteiger partial charge < -0.3 is 24.1 Å². The third kappa shape index (κ3) is 4.86. The number of cyclic esters (lactones) is 1. The first-order chi connectivity index (χ1) is 13.7. The summed E-state index contributed by atoms with van der Waals surface area (Å²) >= 11 is 0. The quantitative estimate of drug-likeness (QED) is 0.720. The number of rotatable bonds is 1. The SMILES string of the molecule is COc1cc(O)c2c(c1)/C=C/C[C@@H]1OC(C)(C)O[C@H]1C(=O)/C=C\C[C@H](C)OC2=O. The topological polar surface area (TPSA) is 91.3 Å². The lowest BCUT2D eigenvalue weighted by Gasteiger charge is -2.16. The van der Waals surface area contributed by atoms with Crippen LogP contribution in [0.25, 0.3) is 6.08 Å². The van der Waals surface area contributed by atoms with E-state index >= 15 is 0 Å². The highest BCUT2D eigenvalue weighted by Gasteiger charge is 2.43. The van der Waals surface area contributed by atoms with E-state index in [4.69, 9.17) is 18.9 Å². The van der Waals surface area contributed by atoms with Crippen molar-refractivity contribution >= 4 is 17.8 Å². The fourth-order valence-electron chi connectivity index (χ4n) is 3.43. The molecule has 3 atom stereocenters. The standard InChI is InChI=1S/C22H26O7/c1-13-7-5-9-16(23)20-18(28-22(2,3)29-20)10-6-8-14-11-15(26-4)12-17(24)19(14)21(25)27-13/h5-6,8-9,11-13,18,20,24H,7,10H2,1-4H3/b8-6+,9-5-/t13-,18-,20-/m0/s1. The van der Waals surface area contributed by atoms with E-state index in [1.165, 1.54) is 19.3 Å². The zero-order valence-electron chi connectivity index (χ0n) is 17.0. The summed E-state index contributed by atoms with van der Waals surface area (Å²) in [5.74, 6) is -1.52. The maximum absolute atomic E-state index is 12.6. The molecule has 1 N–H and O–H groups in total. The number of hydrogen-bond acceptors (Lipinski definition) is 7. The van der Waals surface area contributed by atoms with Gasteiger partial charge in [-0.05, 0) is 44.9 Å². The highest BCUT2D eigenvalue weighted by atomic mass is 16.8. The van der Waals surface area contributed by atoms with Crippen LogP contribution in [-0.4, -0.2) is 48.1 Å². The van der Waals surface area contributed by atoms with Crippen molar-refractivity contribution in [3.05, 3.63) is 41.5 Å². The Kier molecular flexibility index (Phi) is 6.10. The van der Waals surface area contributed by atoms with E-state index in [0.29, 0.717) is 24.2 Å². The molecule has 156 valence electrons. The van der Waals surface area contributed by atoms with Gasteiger partial charge in [-0.2, -0.15) is 0 Å². The molecule has 1 saturated heterocycles. The summed E-state index contributed by atoms with van der Waals surface area (Å²) in [6.45, 7) is 5.25. The van der Waals surface area contributed by atoms with Crippen molar-refractivity contribution in [2.45, 2.75) is 57.7 Å². The number of carbonyl (C=O) groups is 2. The number of aromatic hydroxyl groups is 1. The fraction of sp³-hybridized carbons (Fsp3) is 0.455. The molecule has 0 unspecified atom stereocenters. The van der Waals surface area contributed by atoms with Crippen LogP contribution in [0.5, 0.6) is 11.5 Å². The molecule has 29 heavy (non-hydrogen) atoms. The van der Waals surface area contributed by atoms with Gasteiger partial charge in [-0.25, -0.2) is 4.79 Å². The van der Waals surface area contributed by atoms with Crippen molar-refractivity contribution in [3.8, 4) is 11.5 Å². The molecule has 1 aromatic rings. The van der Waals surface area contributed by atoms with Crippen molar-refractivity contribution in [3.63, 3.8) is 0 Å². The number of hydrogen-bond donors (Lipinski definition) is 1. The average Bonchev–Trinajstić information content (AvgIpc) is 2.95. The van der Waals surface area contributed by atoms with Crippen molar-refractivity contribution < 1.29 is 33.6 Å². The first-order valence-corrected chi connectivity index (χ1v) is 9.54. The number of ether oxygens (including phenoxy) is 4. The number of ketones is 1. The Morgan fingerprint density at radius 3 is 2.55 bits per heavy atom. The molecular formula is C22H26O7. The molecule has 0 aliphatic carbocycles. The Hall–Kier alpha value is -2.64. The first-order valence-electron chi connectivity index (χ1n) is 9.54. The number of fused-ring (bicyclic) bond motifs is 2. The zero-order valence-corrected chi connectivity index (χ0v) is 17.0. The molecule has 0 aromatic heterocycles. The van der Waals surface area contributed by atoms with E-state index in [0.717, 1.165) is 0 Å². The third-order valence-electron chi connectivity index (χ3n) is 4.75. The van der Waals surface area contributed by atoms with Crippen molar-refractivity contribution in [1.82, 2.24) is 0 Å². The summed E-state index contributed by atoms with van der Waals surface area (Å²) in [5.41, 5.74) is 0.513. The van der Waals surface area contributed by atoms with Crippen molar-refractivity contribution in [1.29, 1.82) is 0 Å². The van der Waals surface area contributed by atoms with Gasteiger partial charge in [-0.3, -0.25) is 4.79 Å². The van der Waals surface area contributed by atoms with E-state index in [-0.39, 0.29) is 17.1 Å². The molecule has 0 radical (unpaired) electrons. The Bertz CT molecular complexity index is 853. The van der Waals surface area contributed by atoms with Crippen LogP contribution >= 0.6 is 0 Å². The molecule has 0 amide bonds. The van der Waals surface area contributed by atoms with Crippen LogP contribution in [-0.2, 0) is 19.0 Å². The normalized spacial score (nSPS) is 29.2. The van der Waals surface area contributed by atoms with Crippen LogP contribution in [0.3, 0.4) is 0 Å². The van der Waals surface area contributed by atoms with Crippen LogP contribution in [0, 0.1) is 0 Å². The lowest BCUT2D eigenvalue weighted by atomic mass is 10.0. The largest absolute Gasteiger partial charge is 0.507 e. The summed E-state index contributed by atoms with van der Waals surface area (Å²) in [6, 6.07) is 3.01. The van der Waals surface area contributed by atoms with Gasteiger partial charge in [0.25, 0.3) is 0 Å². The maximum atomic E-state index is 12.6. The molecule has 0 spiro atoms. The third-order valence-corrected chi connectivity index (χ3v) is 4.75. The minimum Gasteiger partial charge on any atom is -0.507 e. The molecule has 2 aliphatic rings. The summed E-state index contributed by atoms with van der Waals surface area (Å²) < 4.78 is 22.3. The van der Waals surface area contributed by atoms with Crippen LogP contribution in [0.4, 0.5) is 0 Å². The number of carbonyl (C=O) groups excluding carboxylic acids is 2. The van der Waals surface area contributed by atoms with Gasteiger partial charge >= 0.3 is 5.97 Å². The first kappa shape index (κ1) is 21.1. The average molecular weight is 402 g/mol. The lowest BCUT2D eigenvalue weighted by molar-refractivity contribution is -0.152. The van der Waals surface area contributed by atoms with E-state index in [1.54, 1.807) is 45.1 Å². The number of esters is 1. The molecule has 2 aliphatic heterocycles. The minimum absolute atomic E-state index is 0.0616. The smallest absolute Gasteiger partial charge is 0.342 e. The van der Waals surface area contributed by atoms with Crippen LogP contribution < -0.4 is 4.74 Å². The summed E-state index contributed by atoms with van der Waals surface area (Å²) in [4.78, 5) is 25.2. The molecule has 1 aromatic carbocycles. The van der Waals surface area contributed by atoms with E-state index < -0.39 is 30.1 Å². The van der Waals surface area contributed by atoms with Crippen LogP contribution in [0.2, 0.25) is 0 Å². The van der Waals surface area contributed by atoms with Gasteiger partial charge in [-0.1, -0.05) is 18.2 Å². The maximum Gasteiger partial charge on any atom is 0.342 e. The van der Waals surface area contributed by atoms with Gasteiger partial charge in [0, 0.05) is 12.5 Å². The van der Waals surface area contributed by atoms with Gasteiger partial charge in [0.2, 0.25) is 0 Å². The van der Waals surface area contributed by atoms with Gasteiger partial charge in [0.1, 0.15) is 29.3 Å². The molecule has 0 bridgehead atoms. The van der Waals surface area contributed by atoms with Crippen molar-refractivity contribution in [2.24, 2.45) is 0 Å². The summed E-state index contributed by atoms with van der Waals surface area (Å²) in [7, 11) is 1.47. The Morgan fingerprint density at radius 2 is 1.83 bits per heavy atom. The zero-order chi connectivity index (χ0) is 21.2. The fourth-order valence-corrected chi connectivity index (χ4v) is 3.43. The second-order valence-electron chi connectivity index (χ2n) is 7.60. The van der Waals surface area contributed by atoms with Crippen LogP contribution in [0.15, 0.2) is 30.4 Å². The molecule has 0 saturated carbocycles. The van der Waals surface area contributed by atoms with Crippen molar-refractivity contribution in [2.75, 3.05) is 7.11 Å². The Balaban J connectivity index is 2.00. The molecule has 7 heteroatoms. The highest BCUT2D eigenvalue weighted by Crippen LogP contribution is 2.33. The van der Waals surface area contributed by atoms with E-state index in [2.05, 4.69) is 0 Å². The Labute approximate surface area is 169 Å². The molecule has 3 rings (SSSR count). The van der Waals surface area contributed by atoms with E-state index in [9.17, 15) is 14.7 Å². The number of methoxy groups -OCH3 is 1. The number of benzene rings is 1. The number of phenols is 1. The van der Waals surface area contributed by atoms with E-state index in [1.807, 2.05) is 0 Å². The molecule has 1 fully saturated rings. The second-order valence-corrected chi connectivity index (χ2v) is 7.60. The predicted molar refractivity (Wildman–Crippen MR) is 106 cm³/mol.